The Morgan fingerprint density at radius 3 is 2.82 bits per heavy atom. The van der Waals surface area contributed by atoms with Gasteiger partial charge in [0.1, 0.15) is 0 Å². The minimum Gasteiger partial charge on any atom is -0.487 e. The largest absolute Gasteiger partial charge is 0.487 e. The normalized spacial score (nSPS) is 20.8. The molecule has 0 saturated carbocycles. The first-order chi connectivity index (χ1) is 10.4. The zero-order chi connectivity index (χ0) is 16.3. The summed E-state index contributed by atoms with van der Waals surface area (Å²) in [5.41, 5.74) is 0.199. The highest BCUT2D eigenvalue weighted by atomic mass is 16.6. The van der Waals surface area contributed by atoms with Crippen molar-refractivity contribution in [1.29, 1.82) is 0 Å². The van der Waals surface area contributed by atoms with E-state index in [4.69, 9.17) is 9.47 Å². The number of nitrogens with zero attached hydrogens (tertiary/aromatic N) is 2. The number of nitro benzene ring substituents is 1. The molecule has 0 spiro atoms. The Morgan fingerprint density at radius 1 is 1.50 bits per heavy atom. The third kappa shape index (κ3) is 2.98. The van der Waals surface area contributed by atoms with Crippen LogP contribution in [0.3, 0.4) is 0 Å². The second kappa shape index (κ2) is 6.21. The molecule has 1 aliphatic heterocycles. The quantitative estimate of drug-likeness (QED) is 0.472. The molecule has 0 aromatic heterocycles. The van der Waals surface area contributed by atoms with Crippen LogP contribution in [-0.4, -0.2) is 37.7 Å². The number of esters is 1. The fraction of sp³-hybridized carbons (Fsp3) is 0.533. The summed E-state index contributed by atoms with van der Waals surface area (Å²) in [5, 5.41) is 11.0. The molecular weight excluding hydrogens is 288 g/mol. The highest BCUT2D eigenvalue weighted by Crippen LogP contribution is 2.37. The Kier molecular flexibility index (Phi) is 4.54. The van der Waals surface area contributed by atoms with E-state index in [0.29, 0.717) is 26.1 Å². The third-order valence-corrected chi connectivity index (χ3v) is 3.96. The lowest BCUT2D eigenvalue weighted by Gasteiger charge is -2.23. The number of hydrogen-bond donors (Lipinski definition) is 0. The average Bonchev–Trinajstić information content (AvgIpc) is 2.90. The van der Waals surface area contributed by atoms with Crippen molar-refractivity contribution in [3.8, 4) is 5.75 Å². The summed E-state index contributed by atoms with van der Waals surface area (Å²) in [6.45, 7) is 5.20. The number of benzene rings is 1. The first kappa shape index (κ1) is 16.1. The molecule has 22 heavy (non-hydrogen) atoms. The molecule has 0 N–H and O–H groups in total. The first-order valence-electron chi connectivity index (χ1n) is 7.16. The molecule has 0 bridgehead atoms. The molecule has 0 amide bonds. The highest BCUT2D eigenvalue weighted by Gasteiger charge is 2.41. The minimum atomic E-state index is -0.553. The number of nitro groups is 1. The van der Waals surface area contributed by atoms with Gasteiger partial charge in [-0.15, -0.1) is 0 Å². The minimum absolute atomic E-state index is 0.0551. The van der Waals surface area contributed by atoms with E-state index in [0.717, 1.165) is 5.69 Å². The second-order valence-corrected chi connectivity index (χ2v) is 5.57. The van der Waals surface area contributed by atoms with Crippen molar-refractivity contribution in [2.24, 2.45) is 5.41 Å². The lowest BCUT2D eigenvalue weighted by molar-refractivity contribution is -0.385. The Labute approximate surface area is 129 Å². The van der Waals surface area contributed by atoms with E-state index in [9.17, 15) is 14.9 Å². The maximum Gasteiger partial charge on any atom is 0.313 e. The monoisotopic (exact) mass is 308 g/mol. The van der Waals surface area contributed by atoms with Crippen molar-refractivity contribution in [2.75, 3.05) is 31.7 Å². The van der Waals surface area contributed by atoms with Crippen LogP contribution >= 0.6 is 0 Å². The van der Waals surface area contributed by atoms with Crippen LogP contribution in [0.15, 0.2) is 18.2 Å². The third-order valence-electron chi connectivity index (χ3n) is 3.96. The van der Waals surface area contributed by atoms with Gasteiger partial charge in [0.25, 0.3) is 0 Å². The second-order valence-electron chi connectivity index (χ2n) is 5.57. The van der Waals surface area contributed by atoms with Gasteiger partial charge < -0.3 is 14.4 Å². The molecule has 1 unspecified atom stereocenters. The van der Waals surface area contributed by atoms with Crippen molar-refractivity contribution in [2.45, 2.75) is 20.3 Å². The molecule has 7 nitrogen and oxygen atoms in total. The standard InChI is InChI=1S/C15H20N2O5/c1-4-22-13-9-11(5-6-12(13)17(19)20)16-8-7-15(2,10-16)14(18)21-3/h5-6,9H,4,7-8,10H2,1-3H3. The molecule has 2 rings (SSSR count). The van der Waals surface area contributed by atoms with E-state index in [-0.39, 0.29) is 17.4 Å². The number of rotatable bonds is 5. The van der Waals surface area contributed by atoms with Crippen molar-refractivity contribution in [1.82, 2.24) is 0 Å². The van der Waals surface area contributed by atoms with Crippen LogP contribution in [0, 0.1) is 15.5 Å². The molecule has 1 aliphatic rings. The van der Waals surface area contributed by atoms with Crippen LogP contribution in [-0.2, 0) is 9.53 Å². The molecule has 0 radical (unpaired) electrons. The molecule has 1 aromatic carbocycles. The van der Waals surface area contributed by atoms with Crippen molar-refractivity contribution in [3.63, 3.8) is 0 Å². The first-order valence-corrected chi connectivity index (χ1v) is 7.16. The molecule has 7 heteroatoms. The van der Waals surface area contributed by atoms with E-state index in [1.54, 1.807) is 19.1 Å². The Hall–Kier alpha value is -2.31. The molecule has 120 valence electrons. The number of carbonyl (C=O) groups excluding carboxylic acids is 1. The van der Waals surface area contributed by atoms with Gasteiger partial charge in [-0.25, -0.2) is 0 Å². The Morgan fingerprint density at radius 2 is 2.23 bits per heavy atom. The molecule has 1 aromatic rings. The van der Waals surface area contributed by atoms with Gasteiger partial charge in [-0.2, -0.15) is 0 Å². The summed E-state index contributed by atoms with van der Waals surface area (Å²) in [6.07, 6.45) is 0.681. The van der Waals surface area contributed by atoms with Crippen LogP contribution < -0.4 is 9.64 Å². The number of hydrogen-bond acceptors (Lipinski definition) is 6. The lowest BCUT2D eigenvalue weighted by Crippen LogP contribution is -2.32. The molecule has 1 saturated heterocycles. The van der Waals surface area contributed by atoms with Crippen molar-refractivity contribution in [3.05, 3.63) is 28.3 Å². The summed E-state index contributed by atoms with van der Waals surface area (Å²) in [7, 11) is 1.38. The molecule has 0 aliphatic carbocycles. The van der Waals surface area contributed by atoms with Gasteiger partial charge in [-0.1, -0.05) is 0 Å². The topological polar surface area (TPSA) is 81.9 Å². The predicted molar refractivity (Wildman–Crippen MR) is 81.2 cm³/mol. The fourth-order valence-corrected chi connectivity index (χ4v) is 2.72. The van der Waals surface area contributed by atoms with E-state index in [1.807, 2.05) is 11.8 Å². The van der Waals surface area contributed by atoms with Gasteiger partial charge >= 0.3 is 11.7 Å². The summed E-state index contributed by atoms with van der Waals surface area (Å²) in [5.74, 6) is 0.0126. The van der Waals surface area contributed by atoms with Gasteiger partial charge in [0.05, 0.1) is 24.1 Å². The summed E-state index contributed by atoms with van der Waals surface area (Å²) in [4.78, 5) is 24.4. The van der Waals surface area contributed by atoms with Crippen LogP contribution in [0.2, 0.25) is 0 Å². The maximum absolute atomic E-state index is 11.9. The molecule has 1 atom stereocenters. The van der Waals surface area contributed by atoms with Crippen LogP contribution in [0.5, 0.6) is 5.75 Å². The van der Waals surface area contributed by atoms with E-state index in [1.165, 1.54) is 13.2 Å². The number of methoxy groups -OCH3 is 1. The zero-order valence-electron chi connectivity index (χ0n) is 13.0. The smallest absolute Gasteiger partial charge is 0.313 e. The molecule has 1 heterocycles. The lowest BCUT2D eigenvalue weighted by atomic mass is 9.90. The zero-order valence-corrected chi connectivity index (χ0v) is 13.0. The highest BCUT2D eigenvalue weighted by molar-refractivity contribution is 5.78. The van der Waals surface area contributed by atoms with Gasteiger partial charge in [0, 0.05) is 30.9 Å². The van der Waals surface area contributed by atoms with Gasteiger partial charge in [-0.3, -0.25) is 14.9 Å². The van der Waals surface area contributed by atoms with Crippen molar-refractivity contribution >= 4 is 17.3 Å². The summed E-state index contributed by atoms with van der Waals surface area (Å²) < 4.78 is 10.2. The SMILES string of the molecule is CCOc1cc(N2CCC(C)(C(=O)OC)C2)ccc1[N+](=O)[O-]. The summed E-state index contributed by atoms with van der Waals surface area (Å²) >= 11 is 0. The van der Waals surface area contributed by atoms with Gasteiger partial charge in [0.15, 0.2) is 5.75 Å². The predicted octanol–water partition coefficient (Wildman–Crippen LogP) is 2.38. The van der Waals surface area contributed by atoms with Crippen LogP contribution in [0.4, 0.5) is 11.4 Å². The molecule has 1 fully saturated rings. The summed E-state index contributed by atoms with van der Waals surface area (Å²) in [6, 6.07) is 4.78. The number of ether oxygens (including phenoxy) is 2. The van der Waals surface area contributed by atoms with Crippen LogP contribution in [0.1, 0.15) is 20.3 Å². The van der Waals surface area contributed by atoms with E-state index in [2.05, 4.69) is 0 Å². The van der Waals surface area contributed by atoms with E-state index < -0.39 is 10.3 Å². The number of carbonyl (C=O) groups is 1. The van der Waals surface area contributed by atoms with Crippen LogP contribution in [0.25, 0.3) is 0 Å². The van der Waals surface area contributed by atoms with Crippen molar-refractivity contribution < 1.29 is 19.2 Å². The van der Waals surface area contributed by atoms with Gasteiger partial charge in [0.2, 0.25) is 0 Å². The fourth-order valence-electron chi connectivity index (χ4n) is 2.72. The average molecular weight is 308 g/mol. The maximum atomic E-state index is 11.9. The number of anilines is 1. The Bertz CT molecular complexity index is 589. The van der Waals surface area contributed by atoms with Gasteiger partial charge in [-0.05, 0) is 26.3 Å². The molecular formula is C15H20N2O5. The Balaban J connectivity index is 2.25. The van der Waals surface area contributed by atoms with E-state index >= 15 is 0 Å².